The maximum atomic E-state index is 6.01. The predicted octanol–water partition coefficient (Wildman–Crippen LogP) is 5.52. The molecule has 0 radical (unpaired) electrons. The normalized spacial score (nSPS) is 14.6. The molecule has 148 valence electrons. The lowest BCUT2D eigenvalue weighted by molar-refractivity contribution is 0.408. The number of nitrogens with two attached hydrogens (primary N) is 1. The van der Waals surface area contributed by atoms with Gasteiger partial charge in [-0.2, -0.15) is 0 Å². The van der Waals surface area contributed by atoms with Gasteiger partial charge in [-0.1, -0.05) is 84.0 Å². The quantitative estimate of drug-likeness (QED) is 0.395. The molecular weight excluding hydrogens is 306 g/mol. The van der Waals surface area contributed by atoms with E-state index in [1.165, 1.54) is 101 Å². The molecule has 1 saturated heterocycles. The van der Waals surface area contributed by atoms with Crippen LogP contribution in [0.4, 0.5) is 0 Å². The van der Waals surface area contributed by atoms with Crippen LogP contribution in [-0.2, 0) is 0 Å². The van der Waals surface area contributed by atoms with Gasteiger partial charge in [0.15, 0.2) is 0 Å². The Morgan fingerprint density at radius 3 is 1.52 bits per heavy atom. The third-order valence-corrected chi connectivity index (χ3v) is 5.64. The van der Waals surface area contributed by atoms with Crippen molar-refractivity contribution in [1.82, 2.24) is 9.80 Å². The van der Waals surface area contributed by atoms with Crippen molar-refractivity contribution in [2.45, 2.75) is 96.8 Å². The van der Waals surface area contributed by atoms with E-state index in [0.29, 0.717) is 6.54 Å². The van der Waals surface area contributed by atoms with E-state index in [9.17, 15) is 0 Å². The summed E-state index contributed by atoms with van der Waals surface area (Å²) in [6, 6.07) is 0. The maximum absolute atomic E-state index is 6.01. The van der Waals surface area contributed by atoms with E-state index in [1.54, 1.807) is 0 Å². The van der Waals surface area contributed by atoms with Crippen molar-refractivity contribution in [2.24, 2.45) is 5.73 Å². The third kappa shape index (κ3) is 9.53. The molecule has 1 fully saturated rings. The van der Waals surface area contributed by atoms with E-state index in [2.05, 4.69) is 30.8 Å². The van der Waals surface area contributed by atoms with Gasteiger partial charge in [0.25, 0.3) is 0 Å². The first-order valence-electron chi connectivity index (χ1n) is 11.0. The summed E-state index contributed by atoms with van der Waals surface area (Å²) < 4.78 is 0. The first-order chi connectivity index (χ1) is 12.2. The predicted molar refractivity (Wildman–Crippen MR) is 112 cm³/mol. The van der Waals surface area contributed by atoms with Crippen LogP contribution in [0, 0.1) is 0 Å². The van der Waals surface area contributed by atoms with Crippen LogP contribution in [0.15, 0.2) is 11.4 Å². The van der Waals surface area contributed by atoms with Gasteiger partial charge < -0.3 is 15.5 Å². The molecule has 3 heteroatoms. The topological polar surface area (TPSA) is 32.5 Å². The average Bonchev–Trinajstić information content (AvgIpc) is 2.94. The monoisotopic (exact) mass is 351 g/mol. The fourth-order valence-electron chi connectivity index (χ4n) is 4.00. The van der Waals surface area contributed by atoms with Crippen molar-refractivity contribution in [3.8, 4) is 0 Å². The second kappa shape index (κ2) is 14.5. The maximum Gasteiger partial charge on any atom is 0.104 e. The number of hydrogen-bond donors (Lipinski definition) is 1. The Morgan fingerprint density at radius 2 is 1.12 bits per heavy atom. The highest BCUT2D eigenvalue weighted by atomic mass is 15.4. The van der Waals surface area contributed by atoms with E-state index in [-0.39, 0.29) is 0 Å². The van der Waals surface area contributed by atoms with Crippen molar-refractivity contribution < 1.29 is 0 Å². The molecule has 2 N–H and O–H groups in total. The highest BCUT2D eigenvalue weighted by Crippen LogP contribution is 2.22. The van der Waals surface area contributed by atoms with E-state index in [1.807, 2.05) is 0 Å². The van der Waals surface area contributed by atoms with Crippen LogP contribution in [0.3, 0.4) is 0 Å². The molecule has 1 heterocycles. The van der Waals surface area contributed by atoms with Crippen LogP contribution in [0.25, 0.3) is 0 Å². The summed E-state index contributed by atoms with van der Waals surface area (Å²) in [6.45, 7) is 5.27. The number of unbranched alkanes of at least 4 members (excludes halogenated alkanes) is 12. The first-order valence-corrected chi connectivity index (χ1v) is 11.0. The summed E-state index contributed by atoms with van der Waals surface area (Å²) >= 11 is 0. The van der Waals surface area contributed by atoms with E-state index in [0.717, 1.165) is 13.1 Å². The molecule has 25 heavy (non-hydrogen) atoms. The second-order valence-electron chi connectivity index (χ2n) is 7.97. The number of likely N-dealkylation sites (N-methyl/N-ethyl adjacent to an activating group) is 2. The van der Waals surface area contributed by atoms with Gasteiger partial charge >= 0.3 is 0 Å². The average molecular weight is 352 g/mol. The Morgan fingerprint density at radius 1 is 0.720 bits per heavy atom. The van der Waals surface area contributed by atoms with Crippen LogP contribution < -0.4 is 5.73 Å². The molecule has 0 aromatic carbocycles. The molecule has 3 nitrogen and oxygen atoms in total. The summed E-state index contributed by atoms with van der Waals surface area (Å²) in [5.74, 6) is 1.39. The Labute approximate surface area is 158 Å². The zero-order valence-electron chi connectivity index (χ0n) is 17.5. The largest absolute Gasteiger partial charge is 0.360 e. The Hall–Kier alpha value is -0.700. The minimum absolute atomic E-state index is 0.711. The summed E-state index contributed by atoms with van der Waals surface area (Å²) in [4.78, 5) is 4.73. The van der Waals surface area contributed by atoms with Gasteiger partial charge in [-0.15, -0.1) is 0 Å². The van der Waals surface area contributed by atoms with Gasteiger partial charge in [-0.3, -0.25) is 0 Å². The van der Waals surface area contributed by atoms with E-state index in [4.69, 9.17) is 5.73 Å². The summed E-state index contributed by atoms with van der Waals surface area (Å²) in [5.41, 5.74) is 7.46. The van der Waals surface area contributed by atoms with Crippen molar-refractivity contribution in [1.29, 1.82) is 0 Å². The molecular formula is C22H45N3. The molecule has 0 unspecified atom stereocenters. The Bertz CT molecular complexity index is 339. The number of nitrogens with zero attached hydrogens (tertiary/aromatic N) is 2. The molecule has 0 bridgehead atoms. The fraction of sp³-hybridized carbons (Fsp3) is 0.909. The minimum atomic E-state index is 0.711. The fourth-order valence-corrected chi connectivity index (χ4v) is 4.00. The lowest BCUT2D eigenvalue weighted by Gasteiger charge is -2.22. The lowest BCUT2D eigenvalue weighted by Crippen LogP contribution is -2.22. The van der Waals surface area contributed by atoms with E-state index >= 15 is 0 Å². The van der Waals surface area contributed by atoms with Crippen molar-refractivity contribution in [3.63, 3.8) is 0 Å². The minimum Gasteiger partial charge on any atom is -0.360 e. The summed E-state index contributed by atoms with van der Waals surface area (Å²) in [6.07, 6.45) is 19.6. The summed E-state index contributed by atoms with van der Waals surface area (Å²) in [5, 5.41) is 0. The lowest BCUT2D eigenvalue weighted by atomic mass is 10.0. The van der Waals surface area contributed by atoms with Crippen molar-refractivity contribution in [3.05, 3.63) is 11.4 Å². The van der Waals surface area contributed by atoms with Gasteiger partial charge in [0.2, 0.25) is 0 Å². The van der Waals surface area contributed by atoms with Crippen LogP contribution in [0.2, 0.25) is 0 Å². The van der Waals surface area contributed by atoms with Crippen molar-refractivity contribution >= 4 is 0 Å². The smallest absolute Gasteiger partial charge is 0.104 e. The van der Waals surface area contributed by atoms with Crippen LogP contribution in [0.1, 0.15) is 96.8 Å². The van der Waals surface area contributed by atoms with Gasteiger partial charge in [0, 0.05) is 33.7 Å². The standard InChI is InChI=1S/C22H45N3/c1-4-5-6-7-8-9-10-11-12-13-14-15-16-17-21(20-23)22-24(2)18-19-25(22)3/h4-20,23H2,1-3H3. The molecule has 1 aliphatic rings. The summed E-state index contributed by atoms with van der Waals surface area (Å²) in [7, 11) is 4.39. The van der Waals surface area contributed by atoms with Crippen LogP contribution in [-0.4, -0.2) is 43.5 Å². The molecule has 0 atom stereocenters. The molecule has 1 rings (SSSR count). The zero-order valence-corrected chi connectivity index (χ0v) is 17.5. The highest BCUT2D eigenvalue weighted by Gasteiger charge is 2.21. The SMILES string of the molecule is CCCCCCCCCCCCCCCC(CN)=C1N(C)CCN1C. The first kappa shape index (κ1) is 22.3. The van der Waals surface area contributed by atoms with Crippen LogP contribution in [0.5, 0.6) is 0 Å². The van der Waals surface area contributed by atoms with Gasteiger partial charge in [-0.25, -0.2) is 0 Å². The molecule has 1 aliphatic heterocycles. The molecule has 0 aromatic heterocycles. The third-order valence-electron chi connectivity index (χ3n) is 5.64. The Balaban J connectivity index is 1.97. The van der Waals surface area contributed by atoms with Crippen molar-refractivity contribution in [2.75, 3.05) is 33.7 Å². The number of hydrogen-bond acceptors (Lipinski definition) is 3. The van der Waals surface area contributed by atoms with Gasteiger partial charge in [0.1, 0.15) is 5.82 Å². The molecule has 0 aliphatic carbocycles. The van der Waals surface area contributed by atoms with E-state index < -0.39 is 0 Å². The molecule has 0 aromatic rings. The second-order valence-corrected chi connectivity index (χ2v) is 7.97. The zero-order chi connectivity index (χ0) is 18.3. The number of rotatable bonds is 15. The molecule has 0 saturated carbocycles. The van der Waals surface area contributed by atoms with Gasteiger partial charge in [0.05, 0.1) is 0 Å². The molecule has 0 spiro atoms. The Kier molecular flexibility index (Phi) is 12.9. The van der Waals surface area contributed by atoms with Crippen LogP contribution >= 0.6 is 0 Å². The highest BCUT2D eigenvalue weighted by molar-refractivity contribution is 5.16. The molecule has 0 amide bonds. The van der Waals surface area contributed by atoms with Gasteiger partial charge in [-0.05, 0) is 18.4 Å².